The molecule has 1 fully saturated rings. The van der Waals surface area contributed by atoms with E-state index in [0.717, 1.165) is 55.1 Å². The van der Waals surface area contributed by atoms with E-state index in [-0.39, 0.29) is 6.10 Å². The normalized spacial score (nSPS) is 15.6. The Morgan fingerprint density at radius 1 is 1.11 bits per heavy atom. The van der Waals surface area contributed by atoms with Crippen molar-refractivity contribution in [2.75, 3.05) is 31.1 Å². The van der Waals surface area contributed by atoms with Gasteiger partial charge in [-0.25, -0.2) is 15.0 Å². The van der Waals surface area contributed by atoms with Crippen LogP contribution in [0.3, 0.4) is 0 Å². The second-order valence-corrected chi connectivity index (χ2v) is 7.17. The minimum atomic E-state index is 0.0790. The number of benzene rings is 1. The number of hydrogen-bond donors (Lipinski definition) is 0. The van der Waals surface area contributed by atoms with Crippen molar-refractivity contribution in [3.05, 3.63) is 42.4 Å². The van der Waals surface area contributed by atoms with Crippen molar-refractivity contribution in [3.8, 4) is 5.88 Å². The lowest BCUT2D eigenvalue weighted by molar-refractivity contribution is 0.235. The summed E-state index contributed by atoms with van der Waals surface area (Å²) in [6, 6.07) is 6.32. The Morgan fingerprint density at radius 3 is 2.63 bits per heavy atom. The van der Waals surface area contributed by atoms with Crippen molar-refractivity contribution in [1.82, 2.24) is 19.9 Å². The molecule has 3 heterocycles. The average Bonchev–Trinajstić information content (AvgIpc) is 3.07. The molecule has 1 aromatic carbocycles. The second-order valence-electron chi connectivity index (χ2n) is 7.17. The van der Waals surface area contributed by atoms with Gasteiger partial charge in [0.05, 0.1) is 22.7 Å². The topological polar surface area (TPSA) is 67.5 Å². The van der Waals surface area contributed by atoms with Gasteiger partial charge in [-0.15, -0.1) is 0 Å². The van der Waals surface area contributed by atoms with Crippen LogP contribution in [0.25, 0.3) is 10.9 Å². The van der Waals surface area contributed by atoms with E-state index >= 15 is 0 Å². The summed E-state index contributed by atoms with van der Waals surface area (Å²) in [5.41, 5.74) is 3.12. The van der Waals surface area contributed by atoms with E-state index in [4.69, 9.17) is 9.15 Å². The van der Waals surface area contributed by atoms with E-state index in [0.29, 0.717) is 5.88 Å². The molecule has 0 unspecified atom stereocenters. The van der Waals surface area contributed by atoms with Gasteiger partial charge in [0.2, 0.25) is 5.88 Å². The molecule has 0 atom stereocenters. The number of aryl methyl sites for hydroxylation is 1. The molecule has 0 bridgehead atoms. The quantitative estimate of drug-likeness (QED) is 0.686. The van der Waals surface area contributed by atoms with Crippen molar-refractivity contribution in [3.63, 3.8) is 0 Å². The number of fused-ring (bicyclic) bond motifs is 1. The molecule has 0 spiro atoms. The summed E-state index contributed by atoms with van der Waals surface area (Å²) in [4.78, 5) is 17.8. The molecule has 2 aromatic heterocycles. The number of rotatable bonds is 5. The molecule has 0 aliphatic carbocycles. The predicted molar refractivity (Wildman–Crippen MR) is 104 cm³/mol. The molecule has 1 aliphatic heterocycles. The van der Waals surface area contributed by atoms with E-state index in [1.54, 1.807) is 6.33 Å². The third kappa shape index (κ3) is 3.88. The van der Waals surface area contributed by atoms with Crippen molar-refractivity contribution in [2.45, 2.75) is 33.4 Å². The summed E-state index contributed by atoms with van der Waals surface area (Å²) >= 11 is 0. The zero-order chi connectivity index (χ0) is 18.8. The summed E-state index contributed by atoms with van der Waals surface area (Å²) in [5, 5.41) is 0.962. The minimum Gasteiger partial charge on any atom is -0.474 e. The zero-order valence-electron chi connectivity index (χ0n) is 16.1. The monoisotopic (exact) mass is 367 g/mol. The fourth-order valence-electron chi connectivity index (χ4n) is 3.39. The number of oxazole rings is 1. The van der Waals surface area contributed by atoms with Crippen LogP contribution in [0.5, 0.6) is 5.88 Å². The van der Waals surface area contributed by atoms with Crippen LogP contribution in [0.15, 0.2) is 35.3 Å². The first-order chi connectivity index (χ1) is 13.1. The smallest absolute Gasteiger partial charge is 0.224 e. The minimum absolute atomic E-state index is 0.0790. The summed E-state index contributed by atoms with van der Waals surface area (Å²) in [6.45, 7) is 10.7. The van der Waals surface area contributed by atoms with Crippen molar-refractivity contribution >= 4 is 16.6 Å². The molecule has 0 radical (unpaired) electrons. The van der Waals surface area contributed by atoms with Gasteiger partial charge in [0.15, 0.2) is 6.39 Å². The highest BCUT2D eigenvalue weighted by Gasteiger charge is 2.20. The molecule has 0 N–H and O–H groups in total. The molecule has 1 aliphatic rings. The van der Waals surface area contributed by atoms with Gasteiger partial charge in [0.25, 0.3) is 0 Å². The Morgan fingerprint density at radius 2 is 1.93 bits per heavy atom. The lowest BCUT2D eigenvalue weighted by Gasteiger charge is -2.36. The Hall–Kier alpha value is -2.67. The molecular formula is C20H25N5O2. The zero-order valence-corrected chi connectivity index (χ0v) is 16.1. The fraction of sp³-hybridized carbons (Fsp3) is 0.450. The number of hydrogen-bond acceptors (Lipinski definition) is 7. The van der Waals surface area contributed by atoms with Gasteiger partial charge in [-0.1, -0.05) is 0 Å². The Balaban J connectivity index is 1.48. The van der Waals surface area contributed by atoms with E-state index in [9.17, 15) is 0 Å². The van der Waals surface area contributed by atoms with Gasteiger partial charge in [-0.2, -0.15) is 0 Å². The number of aromatic nitrogens is 3. The van der Waals surface area contributed by atoms with E-state index in [2.05, 4.69) is 36.9 Å². The molecule has 7 nitrogen and oxygen atoms in total. The molecule has 0 saturated carbocycles. The van der Waals surface area contributed by atoms with E-state index in [1.807, 2.05) is 26.8 Å². The average molecular weight is 367 g/mol. The first kappa shape index (κ1) is 17.7. The molecule has 0 amide bonds. The van der Waals surface area contributed by atoms with Gasteiger partial charge in [-0.3, -0.25) is 4.90 Å². The standard InChI is InChI=1S/C20H25N5O2/c1-14(2)27-20-17-10-16(4-5-18(17)21-12-22-20)25-8-6-24(7-9-25)11-19-15(3)26-13-23-19/h4-5,10,12-14H,6-9,11H2,1-3H3. The Kier molecular flexibility index (Phi) is 4.94. The largest absolute Gasteiger partial charge is 0.474 e. The predicted octanol–water partition coefficient (Wildman–Crippen LogP) is 3.04. The SMILES string of the molecule is Cc1ocnc1CN1CCN(c2ccc3ncnc(OC(C)C)c3c2)CC1. The second kappa shape index (κ2) is 7.52. The fourth-order valence-corrected chi connectivity index (χ4v) is 3.39. The van der Waals surface area contributed by atoms with Gasteiger partial charge < -0.3 is 14.1 Å². The highest BCUT2D eigenvalue weighted by molar-refractivity contribution is 5.86. The molecule has 7 heteroatoms. The molecular weight excluding hydrogens is 342 g/mol. The first-order valence-corrected chi connectivity index (χ1v) is 9.38. The lowest BCUT2D eigenvalue weighted by atomic mass is 10.1. The highest BCUT2D eigenvalue weighted by atomic mass is 16.5. The van der Waals surface area contributed by atoms with Crippen molar-refractivity contribution < 1.29 is 9.15 Å². The number of piperazine rings is 1. The molecule has 3 aromatic rings. The van der Waals surface area contributed by atoms with Crippen LogP contribution in [0.4, 0.5) is 5.69 Å². The molecule has 1 saturated heterocycles. The van der Waals surface area contributed by atoms with E-state index in [1.165, 1.54) is 12.1 Å². The molecule has 142 valence electrons. The lowest BCUT2D eigenvalue weighted by Crippen LogP contribution is -2.46. The van der Waals surface area contributed by atoms with Gasteiger partial charge in [0, 0.05) is 38.4 Å². The number of anilines is 1. The van der Waals surface area contributed by atoms with E-state index < -0.39 is 0 Å². The molecule has 4 rings (SSSR count). The maximum atomic E-state index is 5.86. The van der Waals surface area contributed by atoms with Crippen LogP contribution in [0.1, 0.15) is 25.3 Å². The van der Waals surface area contributed by atoms with Crippen LogP contribution in [-0.4, -0.2) is 52.1 Å². The van der Waals surface area contributed by atoms with Gasteiger partial charge in [0.1, 0.15) is 12.1 Å². The van der Waals surface area contributed by atoms with Gasteiger partial charge >= 0.3 is 0 Å². The number of nitrogens with zero attached hydrogens (tertiary/aromatic N) is 5. The van der Waals surface area contributed by atoms with Crippen LogP contribution >= 0.6 is 0 Å². The van der Waals surface area contributed by atoms with Crippen LogP contribution < -0.4 is 9.64 Å². The van der Waals surface area contributed by atoms with Crippen LogP contribution in [-0.2, 0) is 6.54 Å². The highest BCUT2D eigenvalue weighted by Crippen LogP contribution is 2.28. The summed E-state index contributed by atoms with van der Waals surface area (Å²) in [6.07, 6.45) is 3.16. The first-order valence-electron chi connectivity index (χ1n) is 9.38. The third-order valence-corrected chi connectivity index (χ3v) is 4.88. The van der Waals surface area contributed by atoms with Gasteiger partial charge in [-0.05, 0) is 39.0 Å². The maximum absolute atomic E-state index is 5.86. The Bertz CT molecular complexity index is 916. The van der Waals surface area contributed by atoms with Crippen LogP contribution in [0, 0.1) is 6.92 Å². The summed E-state index contributed by atoms with van der Waals surface area (Å²) in [5.74, 6) is 1.56. The third-order valence-electron chi connectivity index (χ3n) is 4.88. The maximum Gasteiger partial charge on any atom is 0.224 e. The van der Waals surface area contributed by atoms with Crippen molar-refractivity contribution in [1.29, 1.82) is 0 Å². The summed E-state index contributed by atoms with van der Waals surface area (Å²) in [7, 11) is 0. The number of ether oxygens (including phenoxy) is 1. The molecule has 27 heavy (non-hydrogen) atoms. The van der Waals surface area contributed by atoms with Crippen LogP contribution in [0.2, 0.25) is 0 Å². The van der Waals surface area contributed by atoms with Crippen molar-refractivity contribution in [2.24, 2.45) is 0 Å². The Labute approximate surface area is 159 Å². The summed E-state index contributed by atoms with van der Waals surface area (Å²) < 4.78 is 11.2.